The van der Waals surface area contributed by atoms with E-state index < -0.39 is 0 Å². The first-order valence-corrected chi connectivity index (χ1v) is 5.36. The largest absolute Gasteiger partial charge is 0.335 e. The number of urea groups is 1. The highest BCUT2D eigenvalue weighted by atomic mass is 16.2. The predicted octanol–water partition coefficient (Wildman–Crippen LogP) is 2.15. The second-order valence-corrected chi connectivity index (χ2v) is 4.02. The van der Waals surface area contributed by atoms with Crippen LogP contribution < -0.4 is 5.32 Å². The molecule has 0 aromatic rings. The van der Waals surface area contributed by atoms with Crippen LogP contribution in [0.2, 0.25) is 0 Å². The number of nitrogens with one attached hydrogen (secondary N) is 1. The Kier molecular flexibility index (Phi) is 4.50. The minimum absolute atomic E-state index is 0.0854. The van der Waals surface area contributed by atoms with Gasteiger partial charge in [-0.05, 0) is 33.1 Å². The second-order valence-electron chi connectivity index (χ2n) is 4.02. The number of hydrogen-bond acceptors (Lipinski definition) is 1. The van der Waals surface area contributed by atoms with E-state index in [1.807, 2.05) is 24.8 Å². The van der Waals surface area contributed by atoms with E-state index in [1.54, 1.807) is 0 Å². The monoisotopic (exact) mass is 196 g/mol. The number of amides is 2. The van der Waals surface area contributed by atoms with E-state index in [0.717, 1.165) is 25.9 Å². The molecular formula is C11H20N2O. The molecule has 0 atom stereocenters. The summed E-state index contributed by atoms with van der Waals surface area (Å²) in [7, 11) is 0. The van der Waals surface area contributed by atoms with Gasteiger partial charge < -0.3 is 10.2 Å². The molecule has 1 heterocycles. The zero-order valence-corrected chi connectivity index (χ0v) is 9.18. The van der Waals surface area contributed by atoms with Gasteiger partial charge in [0.2, 0.25) is 0 Å². The summed E-state index contributed by atoms with van der Waals surface area (Å²) in [5.74, 6) is 0. The van der Waals surface area contributed by atoms with Crippen molar-refractivity contribution < 1.29 is 4.79 Å². The Hall–Kier alpha value is -0.990. The normalized spacial score (nSPS) is 16.3. The fourth-order valence-electron chi connectivity index (χ4n) is 1.55. The smallest absolute Gasteiger partial charge is 0.317 e. The van der Waals surface area contributed by atoms with Crippen LogP contribution in [-0.2, 0) is 0 Å². The number of hydrogen-bond donors (Lipinski definition) is 1. The van der Waals surface area contributed by atoms with Gasteiger partial charge in [-0.1, -0.05) is 11.6 Å². The standard InChI is InChI=1S/C11H20N2O/c1-10(2)6-7-12-11(14)13-8-4-3-5-9-13/h6H,3-5,7-9H2,1-2H3,(H,12,14). The molecular weight excluding hydrogens is 176 g/mol. The van der Waals surface area contributed by atoms with Crippen molar-refractivity contribution in [2.45, 2.75) is 33.1 Å². The maximum absolute atomic E-state index is 11.6. The Bertz CT molecular complexity index is 213. The SMILES string of the molecule is CC(C)=CCNC(=O)N1CCCCC1. The molecule has 0 radical (unpaired) electrons. The lowest BCUT2D eigenvalue weighted by Gasteiger charge is -2.26. The van der Waals surface area contributed by atoms with E-state index in [9.17, 15) is 4.79 Å². The van der Waals surface area contributed by atoms with Crippen LogP contribution in [0, 0.1) is 0 Å². The van der Waals surface area contributed by atoms with Gasteiger partial charge in [0.25, 0.3) is 0 Å². The first-order chi connectivity index (χ1) is 6.70. The fourth-order valence-corrected chi connectivity index (χ4v) is 1.55. The van der Waals surface area contributed by atoms with Gasteiger partial charge in [0, 0.05) is 19.6 Å². The zero-order valence-electron chi connectivity index (χ0n) is 9.18. The van der Waals surface area contributed by atoms with Gasteiger partial charge in [-0.3, -0.25) is 0 Å². The number of rotatable bonds is 2. The number of carbonyl (C=O) groups excluding carboxylic acids is 1. The molecule has 1 saturated heterocycles. The average Bonchev–Trinajstić information content (AvgIpc) is 2.18. The molecule has 0 aromatic carbocycles. The minimum atomic E-state index is 0.0854. The van der Waals surface area contributed by atoms with E-state index in [-0.39, 0.29) is 6.03 Å². The first-order valence-electron chi connectivity index (χ1n) is 5.36. The van der Waals surface area contributed by atoms with Crippen LogP contribution in [0.25, 0.3) is 0 Å². The van der Waals surface area contributed by atoms with Crippen molar-refractivity contribution in [2.24, 2.45) is 0 Å². The summed E-state index contributed by atoms with van der Waals surface area (Å²) in [6.07, 6.45) is 5.59. The van der Waals surface area contributed by atoms with E-state index in [2.05, 4.69) is 5.32 Å². The molecule has 1 rings (SSSR count). The predicted molar refractivity (Wildman–Crippen MR) is 58.3 cm³/mol. The highest BCUT2D eigenvalue weighted by Gasteiger charge is 2.14. The quantitative estimate of drug-likeness (QED) is 0.674. The summed E-state index contributed by atoms with van der Waals surface area (Å²) >= 11 is 0. The third-order valence-electron chi connectivity index (χ3n) is 2.41. The second kappa shape index (κ2) is 5.68. The van der Waals surface area contributed by atoms with Gasteiger partial charge in [-0.2, -0.15) is 0 Å². The topological polar surface area (TPSA) is 32.3 Å². The van der Waals surface area contributed by atoms with Crippen molar-refractivity contribution in [3.05, 3.63) is 11.6 Å². The molecule has 3 heteroatoms. The summed E-state index contributed by atoms with van der Waals surface area (Å²) in [5, 5.41) is 2.89. The number of carbonyl (C=O) groups is 1. The van der Waals surface area contributed by atoms with Gasteiger partial charge in [0.15, 0.2) is 0 Å². The highest BCUT2D eigenvalue weighted by molar-refractivity contribution is 5.74. The molecule has 0 aromatic heterocycles. The maximum atomic E-state index is 11.6. The van der Waals surface area contributed by atoms with Gasteiger partial charge in [0.05, 0.1) is 0 Å². The van der Waals surface area contributed by atoms with Crippen LogP contribution in [0.3, 0.4) is 0 Å². The lowest BCUT2D eigenvalue weighted by molar-refractivity contribution is 0.187. The Labute approximate surface area is 86.2 Å². The molecule has 1 aliphatic rings. The molecule has 80 valence electrons. The molecule has 1 aliphatic heterocycles. The van der Waals surface area contributed by atoms with Gasteiger partial charge >= 0.3 is 6.03 Å². The van der Waals surface area contributed by atoms with Gasteiger partial charge in [0.1, 0.15) is 0 Å². The molecule has 0 aliphatic carbocycles. The first kappa shape index (κ1) is 11.1. The number of piperidine rings is 1. The molecule has 0 bridgehead atoms. The zero-order chi connectivity index (χ0) is 10.4. The van der Waals surface area contributed by atoms with E-state index in [0.29, 0.717) is 6.54 Å². The van der Waals surface area contributed by atoms with Crippen LogP contribution in [0.15, 0.2) is 11.6 Å². The lowest BCUT2D eigenvalue weighted by Crippen LogP contribution is -2.42. The van der Waals surface area contributed by atoms with Crippen LogP contribution in [0.5, 0.6) is 0 Å². The Morgan fingerprint density at radius 1 is 1.29 bits per heavy atom. The number of allylic oxidation sites excluding steroid dienone is 1. The molecule has 14 heavy (non-hydrogen) atoms. The fraction of sp³-hybridized carbons (Fsp3) is 0.727. The Morgan fingerprint density at radius 3 is 2.50 bits per heavy atom. The van der Waals surface area contributed by atoms with Crippen molar-refractivity contribution in [1.82, 2.24) is 10.2 Å². The van der Waals surface area contributed by atoms with Crippen molar-refractivity contribution in [2.75, 3.05) is 19.6 Å². The van der Waals surface area contributed by atoms with Crippen LogP contribution in [0.1, 0.15) is 33.1 Å². The van der Waals surface area contributed by atoms with Crippen LogP contribution >= 0.6 is 0 Å². The minimum Gasteiger partial charge on any atom is -0.335 e. The molecule has 2 amide bonds. The summed E-state index contributed by atoms with van der Waals surface area (Å²) in [6.45, 7) is 6.55. The van der Waals surface area contributed by atoms with Crippen molar-refractivity contribution in [1.29, 1.82) is 0 Å². The van der Waals surface area contributed by atoms with Crippen molar-refractivity contribution in [3.63, 3.8) is 0 Å². The van der Waals surface area contributed by atoms with E-state index >= 15 is 0 Å². The van der Waals surface area contributed by atoms with Gasteiger partial charge in [-0.25, -0.2) is 4.79 Å². The summed E-state index contributed by atoms with van der Waals surface area (Å²) in [6, 6.07) is 0.0854. The van der Waals surface area contributed by atoms with Gasteiger partial charge in [-0.15, -0.1) is 0 Å². The van der Waals surface area contributed by atoms with E-state index in [1.165, 1.54) is 12.0 Å². The summed E-state index contributed by atoms with van der Waals surface area (Å²) in [4.78, 5) is 13.5. The summed E-state index contributed by atoms with van der Waals surface area (Å²) in [5.41, 5.74) is 1.24. The third kappa shape index (κ3) is 3.81. The molecule has 1 fully saturated rings. The van der Waals surface area contributed by atoms with Crippen LogP contribution in [0.4, 0.5) is 4.79 Å². The molecule has 0 unspecified atom stereocenters. The maximum Gasteiger partial charge on any atom is 0.317 e. The highest BCUT2D eigenvalue weighted by Crippen LogP contribution is 2.08. The van der Waals surface area contributed by atoms with E-state index in [4.69, 9.17) is 0 Å². The van der Waals surface area contributed by atoms with Crippen LogP contribution in [-0.4, -0.2) is 30.6 Å². The molecule has 1 N–H and O–H groups in total. The average molecular weight is 196 g/mol. The number of likely N-dealkylation sites (tertiary alicyclic amines) is 1. The third-order valence-corrected chi connectivity index (χ3v) is 2.41. The molecule has 0 saturated carbocycles. The molecule has 0 spiro atoms. The van der Waals surface area contributed by atoms with Crippen molar-refractivity contribution >= 4 is 6.03 Å². The van der Waals surface area contributed by atoms with Crippen molar-refractivity contribution in [3.8, 4) is 0 Å². The Morgan fingerprint density at radius 2 is 1.93 bits per heavy atom. The number of nitrogens with zero attached hydrogens (tertiary/aromatic N) is 1. The summed E-state index contributed by atoms with van der Waals surface area (Å²) < 4.78 is 0. The Balaban J connectivity index is 2.23. The lowest BCUT2D eigenvalue weighted by atomic mass is 10.1. The molecule has 3 nitrogen and oxygen atoms in total.